The summed E-state index contributed by atoms with van der Waals surface area (Å²) in [6, 6.07) is 13.5. The number of nitrogens with one attached hydrogen (secondary N) is 1. The van der Waals surface area contributed by atoms with E-state index in [0.29, 0.717) is 18.2 Å². The van der Waals surface area contributed by atoms with Crippen molar-refractivity contribution in [2.24, 2.45) is 5.92 Å². The molecular weight excluding hydrogens is 340 g/mol. The number of anilines is 1. The van der Waals surface area contributed by atoms with Crippen molar-refractivity contribution in [3.63, 3.8) is 0 Å². The van der Waals surface area contributed by atoms with Gasteiger partial charge in [-0.2, -0.15) is 0 Å². The van der Waals surface area contributed by atoms with Gasteiger partial charge in [0.15, 0.2) is 0 Å². The Labute approximate surface area is 158 Å². The molecule has 0 aliphatic carbocycles. The van der Waals surface area contributed by atoms with Crippen LogP contribution in [0.5, 0.6) is 5.75 Å². The smallest absolute Gasteiger partial charge is 0.269 e. The number of para-hydroxylation sites is 2. The van der Waals surface area contributed by atoms with Gasteiger partial charge >= 0.3 is 0 Å². The number of nitrogens with zero attached hydrogens (tertiary/aromatic N) is 3. The van der Waals surface area contributed by atoms with Gasteiger partial charge < -0.3 is 15.0 Å². The number of carbonyl (C=O) groups is 1. The topological polar surface area (TPSA) is 67.3 Å². The summed E-state index contributed by atoms with van der Waals surface area (Å²) in [5.74, 6) is 1.16. The Balaban J connectivity index is 1.37. The van der Waals surface area contributed by atoms with E-state index in [1.807, 2.05) is 30.3 Å². The Kier molecular flexibility index (Phi) is 4.87. The lowest BCUT2D eigenvalue weighted by atomic mass is 10.1. The van der Waals surface area contributed by atoms with Crippen molar-refractivity contribution in [1.29, 1.82) is 0 Å². The summed E-state index contributed by atoms with van der Waals surface area (Å²) in [5, 5.41) is 3.96. The second kappa shape index (κ2) is 7.61. The molecule has 1 aromatic carbocycles. The fraction of sp³-hybridized carbons (Fsp3) is 0.286. The van der Waals surface area contributed by atoms with E-state index in [0.717, 1.165) is 41.9 Å². The highest BCUT2D eigenvalue weighted by molar-refractivity contribution is 5.94. The van der Waals surface area contributed by atoms with Gasteiger partial charge in [0.2, 0.25) is 0 Å². The quantitative estimate of drug-likeness (QED) is 0.756. The van der Waals surface area contributed by atoms with Gasteiger partial charge in [-0.05, 0) is 42.7 Å². The number of hydrogen-bond acceptors (Lipinski definition) is 5. The fourth-order valence-corrected chi connectivity index (χ4v) is 3.53. The Bertz CT molecular complexity index is 960. The summed E-state index contributed by atoms with van der Waals surface area (Å²) in [7, 11) is 1.69. The molecule has 0 radical (unpaired) electrons. The first-order valence-corrected chi connectivity index (χ1v) is 9.11. The molecule has 0 spiro atoms. The number of amides is 1. The number of rotatable bonds is 5. The summed E-state index contributed by atoms with van der Waals surface area (Å²) < 4.78 is 5.46. The third-order valence-corrected chi connectivity index (χ3v) is 4.99. The van der Waals surface area contributed by atoms with Gasteiger partial charge in [0.1, 0.15) is 11.4 Å². The maximum atomic E-state index is 12.5. The van der Waals surface area contributed by atoms with E-state index in [2.05, 4.69) is 26.3 Å². The molecule has 4 rings (SSSR count). The van der Waals surface area contributed by atoms with Crippen molar-refractivity contribution in [2.75, 3.05) is 31.6 Å². The van der Waals surface area contributed by atoms with E-state index in [4.69, 9.17) is 4.74 Å². The summed E-state index contributed by atoms with van der Waals surface area (Å²) >= 11 is 0. The summed E-state index contributed by atoms with van der Waals surface area (Å²) in [6.07, 6.45) is 4.46. The van der Waals surface area contributed by atoms with Crippen LogP contribution in [0.3, 0.4) is 0 Å². The lowest BCUT2D eigenvalue weighted by Crippen LogP contribution is -2.31. The molecule has 1 atom stereocenters. The van der Waals surface area contributed by atoms with Gasteiger partial charge in [-0.1, -0.05) is 12.1 Å². The fourth-order valence-electron chi connectivity index (χ4n) is 3.53. The summed E-state index contributed by atoms with van der Waals surface area (Å²) in [5.41, 5.74) is 2.33. The Hall–Kier alpha value is -3.15. The van der Waals surface area contributed by atoms with E-state index >= 15 is 0 Å². The number of aromatic nitrogens is 2. The molecule has 0 bridgehead atoms. The molecule has 1 amide bonds. The molecule has 1 aliphatic heterocycles. The Morgan fingerprint density at radius 3 is 3.04 bits per heavy atom. The maximum Gasteiger partial charge on any atom is 0.269 e. The molecule has 3 heterocycles. The zero-order valence-electron chi connectivity index (χ0n) is 15.3. The van der Waals surface area contributed by atoms with Crippen LogP contribution < -0.4 is 15.0 Å². The number of pyridine rings is 2. The second-order valence-electron chi connectivity index (χ2n) is 6.75. The maximum absolute atomic E-state index is 12.5. The lowest BCUT2D eigenvalue weighted by molar-refractivity contribution is 0.0943. The Morgan fingerprint density at radius 2 is 2.15 bits per heavy atom. The first-order chi connectivity index (χ1) is 13.2. The van der Waals surface area contributed by atoms with Crippen LogP contribution in [0.15, 0.2) is 54.9 Å². The number of fused-ring (bicyclic) bond motifs is 1. The first-order valence-electron chi connectivity index (χ1n) is 9.11. The molecule has 1 saturated heterocycles. The van der Waals surface area contributed by atoms with Crippen molar-refractivity contribution in [1.82, 2.24) is 15.3 Å². The summed E-state index contributed by atoms with van der Waals surface area (Å²) in [4.78, 5) is 23.3. The van der Waals surface area contributed by atoms with Crippen molar-refractivity contribution < 1.29 is 9.53 Å². The third kappa shape index (κ3) is 3.69. The van der Waals surface area contributed by atoms with Gasteiger partial charge in [-0.25, -0.2) is 4.98 Å². The standard InChI is InChI=1S/C21H22N4O2/c1-27-20-5-3-2-4-19(20)25-11-9-15(14-25)12-23-21(26)18-7-6-16-13-22-10-8-17(16)24-18/h2-8,10,13,15H,9,11-12,14H2,1H3,(H,23,26). The monoisotopic (exact) mass is 362 g/mol. The van der Waals surface area contributed by atoms with E-state index in [9.17, 15) is 4.79 Å². The molecule has 3 aromatic rings. The number of methoxy groups -OCH3 is 1. The first kappa shape index (κ1) is 17.3. The average molecular weight is 362 g/mol. The SMILES string of the molecule is COc1ccccc1N1CCC(CNC(=O)c2ccc3cnccc3n2)C1. The molecule has 1 N–H and O–H groups in total. The molecule has 2 aromatic heterocycles. The Morgan fingerprint density at radius 1 is 1.26 bits per heavy atom. The van der Waals surface area contributed by atoms with Gasteiger partial charge in [-0.3, -0.25) is 9.78 Å². The van der Waals surface area contributed by atoms with E-state index in [-0.39, 0.29) is 5.91 Å². The van der Waals surface area contributed by atoms with Crippen molar-refractivity contribution in [3.8, 4) is 5.75 Å². The van der Waals surface area contributed by atoms with Crippen LogP contribution in [0.2, 0.25) is 0 Å². The van der Waals surface area contributed by atoms with Crippen LogP contribution in [0.4, 0.5) is 5.69 Å². The number of carbonyl (C=O) groups excluding carboxylic acids is 1. The summed E-state index contributed by atoms with van der Waals surface area (Å²) in [6.45, 7) is 2.50. The predicted molar refractivity (Wildman–Crippen MR) is 105 cm³/mol. The molecule has 27 heavy (non-hydrogen) atoms. The normalized spacial score (nSPS) is 16.5. The highest BCUT2D eigenvalue weighted by Crippen LogP contribution is 2.31. The van der Waals surface area contributed by atoms with Crippen LogP contribution in [0, 0.1) is 5.92 Å². The van der Waals surface area contributed by atoms with Crippen LogP contribution in [-0.4, -0.2) is 42.6 Å². The molecule has 1 unspecified atom stereocenters. The molecule has 6 heteroatoms. The van der Waals surface area contributed by atoms with Gasteiger partial charge in [0, 0.05) is 37.4 Å². The van der Waals surface area contributed by atoms with E-state index in [1.165, 1.54) is 0 Å². The average Bonchev–Trinajstić information content (AvgIpc) is 3.20. The molecule has 138 valence electrons. The largest absolute Gasteiger partial charge is 0.495 e. The molecule has 1 aliphatic rings. The van der Waals surface area contributed by atoms with Crippen LogP contribution in [0.25, 0.3) is 10.9 Å². The van der Waals surface area contributed by atoms with Gasteiger partial charge in [0.05, 0.1) is 18.3 Å². The zero-order valence-corrected chi connectivity index (χ0v) is 15.3. The third-order valence-electron chi connectivity index (χ3n) is 4.99. The van der Waals surface area contributed by atoms with Gasteiger partial charge in [0.25, 0.3) is 5.91 Å². The number of benzene rings is 1. The van der Waals surface area contributed by atoms with Crippen molar-refractivity contribution in [3.05, 3.63) is 60.6 Å². The lowest BCUT2D eigenvalue weighted by Gasteiger charge is -2.21. The molecule has 6 nitrogen and oxygen atoms in total. The molecular formula is C21H22N4O2. The van der Waals surface area contributed by atoms with Crippen LogP contribution in [-0.2, 0) is 0 Å². The molecule has 1 fully saturated rings. The van der Waals surface area contributed by atoms with E-state index in [1.54, 1.807) is 25.6 Å². The van der Waals surface area contributed by atoms with E-state index < -0.39 is 0 Å². The minimum absolute atomic E-state index is 0.135. The highest BCUT2D eigenvalue weighted by atomic mass is 16.5. The second-order valence-corrected chi connectivity index (χ2v) is 6.75. The minimum atomic E-state index is -0.135. The minimum Gasteiger partial charge on any atom is -0.495 e. The van der Waals surface area contributed by atoms with Crippen LogP contribution >= 0.6 is 0 Å². The van der Waals surface area contributed by atoms with Crippen molar-refractivity contribution >= 4 is 22.5 Å². The van der Waals surface area contributed by atoms with Gasteiger partial charge in [-0.15, -0.1) is 0 Å². The molecule has 0 saturated carbocycles. The van der Waals surface area contributed by atoms with Crippen molar-refractivity contribution in [2.45, 2.75) is 6.42 Å². The number of ether oxygens (including phenoxy) is 1. The number of hydrogen-bond donors (Lipinski definition) is 1. The predicted octanol–water partition coefficient (Wildman–Crippen LogP) is 2.89. The highest BCUT2D eigenvalue weighted by Gasteiger charge is 2.25. The zero-order chi connectivity index (χ0) is 18.6. The van der Waals surface area contributed by atoms with Crippen LogP contribution in [0.1, 0.15) is 16.9 Å².